The molecule has 0 fully saturated rings. The van der Waals surface area contributed by atoms with Crippen molar-refractivity contribution in [3.63, 3.8) is 0 Å². The number of carbonyl (C=O) groups excluding carboxylic acids is 9. The maximum absolute atomic E-state index is 13.1. The van der Waals surface area contributed by atoms with E-state index in [0.717, 1.165) is 0 Å². The van der Waals surface area contributed by atoms with Crippen LogP contribution in [0.5, 0.6) is 0 Å². The first-order valence-electron chi connectivity index (χ1n) is 17.1. The summed E-state index contributed by atoms with van der Waals surface area (Å²) in [7, 11) is 0. The van der Waals surface area contributed by atoms with Crippen molar-refractivity contribution >= 4 is 65.1 Å². The second-order valence-corrected chi connectivity index (χ2v) is 12.2. The van der Waals surface area contributed by atoms with E-state index in [2.05, 4.69) is 36.9 Å². The van der Waals surface area contributed by atoms with Crippen LogP contribution in [0.25, 0.3) is 0 Å². The molecule has 0 radical (unpaired) electrons. The van der Waals surface area contributed by atoms with Crippen LogP contribution < -0.4 is 72.0 Å². The molecule has 0 aliphatic heterocycles. The van der Waals surface area contributed by atoms with Crippen molar-refractivity contribution in [3.8, 4) is 0 Å². The Kier molecular flexibility index (Phi) is 23.7. The standard InChI is InChI=1S/C30H54N14O11/c31-10-2-1-4-18(29(54)55)44-27(52)17(7-9-21(34)46)43-28(53)19(12-22(35)47)41-24(49)14-39-23(48)13-40-26(51)16(5-3-11-38-30(36)37)42-25(50)15(32)6-8-20(33)45/h15-19H,1-14,31-32H2,(H2,33,45)(H2,34,46)(H2,35,47)(H,39,48)(H,40,51)(H,41,49)(H,42,50)(H,43,53)(H,44,52)(H,54,55)(H4,36,37,38)/t15-,16-,17-,18-,19-/m0/s1. The number of aliphatic imine (C=N–C) groups is 1. The lowest BCUT2D eigenvalue weighted by Gasteiger charge is -2.24. The summed E-state index contributed by atoms with van der Waals surface area (Å²) in [6, 6.07) is -6.98. The van der Waals surface area contributed by atoms with Crippen LogP contribution in [0.1, 0.15) is 64.2 Å². The van der Waals surface area contributed by atoms with Crippen LogP contribution in [-0.4, -0.2) is 127 Å². The second kappa shape index (κ2) is 26.6. The Balaban J connectivity index is 5.50. The predicted molar refractivity (Wildman–Crippen MR) is 193 cm³/mol. The number of nitrogens with zero attached hydrogens (tertiary/aromatic N) is 1. The summed E-state index contributed by atoms with van der Waals surface area (Å²) in [5.74, 6) is -9.77. The third kappa shape index (κ3) is 23.2. The molecule has 0 aliphatic carbocycles. The molecule has 310 valence electrons. The Labute approximate surface area is 315 Å². The molecular formula is C30H54N14O11. The average Bonchev–Trinajstić information content (AvgIpc) is 3.10. The Hall–Kier alpha value is -6.11. The Bertz CT molecular complexity index is 1410. The van der Waals surface area contributed by atoms with Crippen LogP contribution >= 0.6 is 0 Å². The van der Waals surface area contributed by atoms with E-state index >= 15 is 0 Å². The lowest BCUT2D eigenvalue weighted by atomic mass is 10.1. The number of hydrogen-bond acceptors (Lipinski definition) is 13. The normalized spacial score (nSPS) is 13.3. The van der Waals surface area contributed by atoms with Gasteiger partial charge in [-0.25, -0.2) is 4.79 Å². The molecular weight excluding hydrogens is 732 g/mol. The minimum Gasteiger partial charge on any atom is -0.480 e. The highest BCUT2D eigenvalue weighted by Crippen LogP contribution is 2.06. The highest BCUT2D eigenvalue weighted by molar-refractivity contribution is 5.97. The van der Waals surface area contributed by atoms with Crippen molar-refractivity contribution < 1.29 is 53.1 Å². The first kappa shape index (κ1) is 48.9. The van der Waals surface area contributed by atoms with Gasteiger partial charge in [0.1, 0.15) is 24.2 Å². The van der Waals surface area contributed by atoms with Gasteiger partial charge in [0.25, 0.3) is 0 Å². The summed E-state index contributed by atoms with van der Waals surface area (Å²) in [5.41, 5.74) is 37.3. The number of nitrogens with one attached hydrogen (secondary N) is 6. The van der Waals surface area contributed by atoms with Crippen molar-refractivity contribution in [2.24, 2.45) is 45.1 Å². The molecule has 0 saturated heterocycles. The molecule has 25 nitrogen and oxygen atoms in total. The average molecular weight is 787 g/mol. The SMILES string of the molecule is NCCCC[C@H](NC(=O)[C@H](CCC(N)=O)NC(=O)[C@H](CC(N)=O)NC(=O)CNC(=O)CNC(=O)[C@H](CCCN=C(N)N)NC(=O)[C@@H](N)CCC(N)=O)C(=O)O. The topological polar surface area (TPSA) is 458 Å². The first-order valence-corrected chi connectivity index (χ1v) is 17.1. The molecule has 0 spiro atoms. The summed E-state index contributed by atoms with van der Waals surface area (Å²) in [5, 5.41) is 23.1. The molecule has 21 N–H and O–H groups in total. The fourth-order valence-corrected chi connectivity index (χ4v) is 4.52. The smallest absolute Gasteiger partial charge is 0.326 e. The van der Waals surface area contributed by atoms with Gasteiger partial charge < -0.3 is 77.1 Å². The lowest BCUT2D eigenvalue weighted by Crippen LogP contribution is -2.57. The zero-order valence-electron chi connectivity index (χ0n) is 30.3. The molecule has 5 atom stereocenters. The summed E-state index contributed by atoms with van der Waals surface area (Å²) in [6.07, 6.45) is -0.760. The van der Waals surface area contributed by atoms with Gasteiger partial charge in [-0.2, -0.15) is 0 Å². The Morgan fingerprint density at radius 1 is 0.545 bits per heavy atom. The van der Waals surface area contributed by atoms with Gasteiger partial charge in [0, 0.05) is 19.4 Å². The molecule has 0 aliphatic rings. The maximum Gasteiger partial charge on any atom is 0.326 e. The quantitative estimate of drug-likeness (QED) is 0.0190. The van der Waals surface area contributed by atoms with Crippen LogP contribution in [-0.2, 0) is 47.9 Å². The number of unbranched alkanes of at least 4 members (excludes halogenated alkanes) is 1. The number of rotatable bonds is 29. The Morgan fingerprint density at radius 3 is 1.64 bits per heavy atom. The zero-order chi connectivity index (χ0) is 42.1. The Morgan fingerprint density at radius 2 is 1.07 bits per heavy atom. The number of carbonyl (C=O) groups is 10. The number of hydrogen-bond donors (Lipinski definition) is 14. The van der Waals surface area contributed by atoms with Gasteiger partial charge in [-0.3, -0.25) is 48.1 Å². The maximum atomic E-state index is 13.1. The highest BCUT2D eigenvalue weighted by atomic mass is 16.4. The number of nitrogens with two attached hydrogens (primary N) is 7. The fourth-order valence-electron chi connectivity index (χ4n) is 4.52. The van der Waals surface area contributed by atoms with Gasteiger partial charge in [0.05, 0.1) is 25.6 Å². The molecule has 0 rings (SSSR count). The van der Waals surface area contributed by atoms with Crippen LogP contribution in [0.4, 0.5) is 0 Å². The van der Waals surface area contributed by atoms with Gasteiger partial charge in [0.15, 0.2) is 5.96 Å². The van der Waals surface area contributed by atoms with E-state index in [-0.39, 0.29) is 57.6 Å². The van der Waals surface area contributed by atoms with E-state index in [1.165, 1.54) is 0 Å². The zero-order valence-corrected chi connectivity index (χ0v) is 30.3. The number of amides is 9. The van der Waals surface area contributed by atoms with Crippen LogP contribution in [0, 0.1) is 0 Å². The van der Waals surface area contributed by atoms with Crippen molar-refractivity contribution in [2.45, 2.75) is 94.4 Å². The second-order valence-electron chi connectivity index (χ2n) is 12.2. The van der Waals surface area contributed by atoms with Gasteiger partial charge >= 0.3 is 5.97 Å². The van der Waals surface area contributed by atoms with E-state index in [1.54, 1.807) is 0 Å². The summed E-state index contributed by atoms with van der Waals surface area (Å²) in [6.45, 7) is -1.08. The van der Waals surface area contributed by atoms with Crippen LogP contribution in [0.2, 0.25) is 0 Å². The molecule has 0 heterocycles. The third-order valence-electron chi connectivity index (χ3n) is 7.42. The monoisotopic (exact) mass is 786 g/mol. The minimum atomic E-state index is -1.69. The first-order chi connectivity index (χ1) is 25.8. The molecule has 55 heavy (non-hydrogen) atoms. The lowest BCUT2D eigenvalue weighted by molar-refractivity contribution is -0.142. The van der Waals surface area contributed by atoms with E-state index in [0.29, 0.717) is 12.8 Å². The van der Waals surface area contributed by atoms with Crippen molar-refractivity contribution in [1.82, 2.24) is 31.9 Å². The molecule has 0 aromatic carbocycles. The van der Waals surface area contributed by atoms with E-state index < -0.39 is 115 Å². The van der Waals surface area contributed by atoms with Crippen molar-refractivity contribution in [3.05, 3.63) is 0 Å². The summed E-state index contributed by atoms with van der Waals surface area (Å²) in [4.78, 5) is 126. The minimum absolute atomic E-state index is 0.00418. The summed E-state index contributed by atoms with van der Waals surface area (Å²) < 4.78 is 0. The van der Waals surface area contributed by atoms with Gasteiger partial charge in [-0.15, -0.1) is 0 Å². The largest absolute Gasteiger partial charge is 0.480 e. The predicted octanol–water partition coefficient (Wildman–Crippen LogP) is -7.84. The molecule has 0 bridgehead atoms. The number of guanidine groups is 1. The number of primary amides is 3. The van der Waals surface area contributed by atoms with E-state index in [1.807, 2.05) is 0 Å². The van der Waals surface area contributed by atoms with Crippen LogP contribution in [0.15, 0.2) is 4.99 Å². The molecule has 9 amide bonds. The number of carboxylic acid groups (broad SMARTS) is 1. The van der Waals surface area contributed by atoms with E-state index in [9.17, 15) is 53.1 Å². The molecule has 0 unspecified atom stereocenters. The molecule has 0 aromatic heterocycles. The highest BCUT2D eigenvalue weighted by Gasteiger charge is 2.31. The van der Waals surface area contributed by atoms with Crippen molar-refractivity contribution in [1.29, 1.82) is 0 Å². The fraction of sp³-hybridized carbons (Fsp3) is 0.633. The number of aliphatic carboxylic acids is 1. The third-order valence-corrected chi connectivity index (χ3v) is 7.42. The molecule has 0 saturated carbocycles. The molecule has 0 aromatic rings. The molecule has 25 heteroatoms. The van der Waals surface area contributed by atoms with Gasteiger partial charge in [0.2, 0.25) is 53.2 Å². The van der Waals surface area contributed by atoms with Crippen LogP contribution in [0.3, 0.4) is 0 Å². The number of carboxylic acids is 1. The van der Waals surface area contributed by atoms with E-state index in [4.69, 9.17) is 40.1 Å². The van der Waals surface area contributed by atoms with Gasteiger partial charge in [-0.1, -0.05) is 0 Å². The summed E-state index contributed by atoms with van der Waals surface area (Å²) >= 11 is 0. The van der Waals surface area contributed by atoms with Crippen molar-refractivity contribution in [2.75, 3.05) is 26.2 Å². The van der Waals surface area contributed by atoms with Gasteiger partial charge in [-0.05, 0) is 51.5 Å².